The smallest absolute Gasteiger partial charge is 0.166 e. The van der Waals surface area contributed by atoms with Gasteiger partial charge >= 0.3 is 0 Å². The molecule has 108 valence electrons. The second-order valence-electron chi connectivity index (χ2n) is 6.57. The molecule has 0 spiro atoms. The van der Waals surface area contributed by atoms with Crippen molar-refractivity contribution in [3.8, 4) is 0 Å². The molecule has 5 atom stereocenters. The van der Waals surface area contributed by atoms with Gasteiger partial charge in [0, 0.05) is 12.3 Å². The lowest BCUT2D eigenvalue weighted by molar-refractivity contribution is -0.166. The predicted octanol–water partition coefficient (Wildman–Crippen LogP) is 1.45. The molecule has 0 amide bonds. The Kier molecular flexibility index (Phi) is 3.87. The fourth-order valence-electron chi connectivity index (χ4n) is 3.13. The lowest BCUT2D eigenvalue weighted by Gasteiger charge is -2.40. The summed E-state index contributed by atoms with van der Waals surface area (Å²) < 4.78 is 5.73. The number of hydrogen-bond acceptors (Lipinski definition) is 4. The highest BCUT2D eigenvalue weighted by molar-refractivity contribution is 5.86. The summed E-state index contributed by atoms with van der Waals surface area (Å²) in [6, 6.07) is 0. The van der Waals surface area contributed by atoms with Crippen LogP contribution in [0.2, 0.25) is 0 Å². The van der Waals surface area contributed by atoms with E-state index in [1.54, 1.807) is 6.92 Å². The van der Waals surface area contributed by atoms with E-state index in [1.165, 1.54) is 0 Å². The minimum atomic E-state index is -1.14. The van der Waals surface area contributed by atoms with Crippen molar-refractivity contribution in [3.63, 3.8) is 0 Å². The Morgan fingerprint density at radius 1 is 1.58 bits per heavy atom. The molecule has 0 radical (unpaired) electrons. The van der Waals surface area contributed by atoms with E-state index in [0.29, 0.717) is 19.3 Å². The van der Waals surface area contributed by atoms with E-state index in [1.807, 2.05) is 13.8 Å². The summed E-state index contributed by atoms with van der Waals surface area (Å²) >= 11 is 0. The monoisotopic (exact) mass is 268 g/mol. The van der Waals surface area contributed by atoms with Gasteiger partial charge in [0.25, 0.3) is 0 Å². The lowest BCUT2D eigenvalue weighted by atomic mass is 9.73. The van der Waals surface area contributed by atoms with Crippen molar-refractivity contribution in [1.29, 1.82) is 0 Å². The number of Topliss-reactive ketones (excluding diaryl/α,β-unsaturated/α-hetero) is 1. The molecule has 1 heterocycles. The first-order valence-electron chi connectivity index (χ1n) is 7.01. The van der Waals surface area contributed by atoms with Gasteiger partial charge in [-0.05, 0) is 31.3 Å². The first kappa shape index (κ1) is 14.7. The maximum absolute atomic E-state index is 12.1. The first-order valence-corrected chi connectivity index (χ1v) is 7.01. The van der Waals surface area contributed by atoms with E-state index in [2.05, 4.69) is 6.58 Å². The zero-order chi connectivity index (χ0) is 14.4. The number of aliphatic hydroxyl groups excluding tert-OH is 1. The number of carbonyl (C=O) groups excluding carboxylic acids is 1. The first-order chi connectivity index (χ1) is 8.74. The molecule has 1 saturated heterocycles. The third-order valence-corrected chi connectivity index (χ3v) is 4.31. The maximum Gasteiger partial charge on any atom is 0.166 e. The summed E-state index contributed by atoms with van der Waals surface area (Å²) in [4.78, 5) is 12.1. The summed E-state index contributed by atoms with van der Waals surface area (Å²) in [6.07, 6.45) is -0.407. The largest absolute Gasteiger partial charge is 0.387 e. The number of carbonyl (C=O) groups is 1. The van der Waals surface area contributed by atoms with Crippen LogP contribution in [0.5, 0.6) is 0 Å². The average Bonchev–Trinajstić information content (AvgIpc) is 2.61. The second kappa shape index (κ2) is 5.00. The van der Waals surface area contributed by atoms with Crippen LogP contribution in [0, 0.1) is 11.8 Å². The second-order valence-corrected chi connectivity index (χ2v) is 6.57. The summed E-state index contributed by atoms with van der Waals surface area (Å²) in [5.74, 6) is 0.289. The van der Waals surface area contributed by atoms with Crippen LogP contribution in [-0.4, -0.2) is 39.9 Å². The Morgan fingerprint density at radius 2 is 2.21 bits per heavy atom. The van der Waals surface area contributed by atoms with Crippen LogP contribution in [0.15, 0.2) is 12.2 Å². The van der Waals surface area contributed by atoms with Crippen molar-refractivity contribution in [3.05, 3.63) is 12.2 Å². The zero-order valence-electron chi connectivity index (χ0n) is 11.9. The molecule has 1 aliphatic carbocycles. The van der Waals surface area contributed by atoms with E-state index < -0.39 is 23.9 Å². The highest BCUT2D eigenvalue weighted by atomic mass is 16.5. The number of aliphatic hydroxyl groups is 2. The molecule has 2 N–H and O–H groups in total. The van der Waals surface area contributed by atoms with Crippen LogP contribution < -0.4 is 0 Å². The van der Waals surface area contributed by atoms with Gasteiger partial charge in [0.2, 0.25) is 0 Å². The van der Waals surface area contributed by atoms with Gasteiger partial charge in [-0.2, -0.15) is 0 Å². The Labute approximate surface area is 114 Å². The van der Waals surface area contributed by atoms with Gasteiger partial charge < -0.3 is 14.9 Å². The van der Waals surface area contributed by atoms with Crippen molar-refractivity contribution in [2.75, 3.05) is 0 Å². The Balaban J connectivity index is 2.13. The molecule has 0 aromatic rings. The molecule has 1 aliphatic heterocycles. The third-order valence-electron chi connectivity index (χ3n) is 4.31. The van der Waals surface area contributed by atoms with Crippen LogP contribution in [0.4, 0.5) is 0 Å². The van der Waals surface area contributed by atoms with E-state index in [9.17, 15) is 15.0 Å². The summed E-state index contributed by atoms with van der Waals surface area (Å²) in [5.41, 5.74) is -0.373. The normalized spacial score (nSPS) is 42.5. The summed E-state index contributed by atoms with van der Waals surface area (Å²) in [7, 11) is 0. The molecule has 0 unspecified atom stereocenters. The molecule has 0 bridgehead atoms. The summed E-state index contributed by atoms with van der Waals surface area (Å²) in [5, 5.41) is 20.3. The average molecular weight is 268 g/mol. The van der Waals surface area contributed by atoms with E-state index >= 15 is 0 Å². The molecular weight excluding hydrogens is 244 g/mol. The fraction of sp³-hybridized carbons (Fsp3) is 0.800. The van der Waals surface area contributed by atoms with Crippen molar-refractivity contribution >= 4 is 5.78 Å². The SMILES string of the molecule is C=C1[C@H](C(=O)CC(C)C)O[C@@H]2[C@H]1CC[C@@](C)(O)[C@H]2O. The van der Waals surface area contributed by atoms with Gasteiger partial charge in [-0.1, -0.05) is 20.4 Å². The Hall–Kier alpha value is -0.710. The Morgan fingerprint density at radius 3 is 2.79 bits per heavy atom. The molecule has 4 heteroatoms. The van der Waals surface area contributed by atoms with Crippen LogP contribution >= 0.6 is 0 Å². The van der Waals surface area contributed by atoms with Gasteiger partial charge in [0.05, 0.1) is 11.7 Å². The number of fused-ring (bicyclic) bond motifs is 1. The highest BCUT2D eigenvalue weighted by Crippen LogP contribution is 2.44. The summed E-state index contributed by atoms with van der Waals surface area (Å²) in [6.45, 7) is 9.58. The quantitative estimate of drug-likeness (QED) is 0.760. The van der Waals surface area contributed by atoms with Gasteiger partial charge in [0.1, 0.15) is 12.2 Å². The van der Waals surface area contributed by atoms with Crippen LogP contribution in [-0.2, 0) is 9.53 Å². The lowest BCUT2D eigenvalue weighted by Crippen LogP contribution is -2.53. The fourth-order valence-corrected chi connectivity index (χ4v) is 3.13. The van der Waals surface area contributed by atoms with Gasteiger partial charge in [-0.15, -0.1) is 0 Å². The molecule has 0 aromatic heterocycles. The van der Waals surface area contributed by atoms with Crippen molar-refractivity contribution in [2.24, 2.45) is 11.8 Å². The van der Waals surface area contributed by atoms with Crippen molar-refractivity contribution in [2.45, 2.75) is 63.9 Å². The van der Waals surface area contributed by atoms with Gasteiger partial charge in [0.15, 0.2) is 5.78 Å². The minimum absolute atomic E-state index is 0.0173. The molecule has 19 heavy (non-hydrogen) atoms. The molecule has 1 saturated carbocycles. The number of hydrogen-bond donors (Lipinski definition) is 2. The standard InChI is InChI=1S/C15H24O4/c1-8(2)7-11(16)12-9(3)10-5-6-15(4,18)14(17)13(10)19-12/h8,10,12-14,17-18H,3,5-7H2,1-2,4H3/t10-,12+,13+,14-,15+/m0/s1. The minimum Gasteiger partial charge on any atom is -0.387 e. The predicted molar refractivity (Wildman–Crippen MR) is 71.6 cm³/mol. The third kappa shape index (κ3) is 2.62. The van der Waals surface area contributed by atoms with Gasteiger partial charge in [-0.25, -0.2) is 0 Å². The molecule has 2 rings (SSSR count). The molecule has 2 fully saturated rings. The van der Waals surface area contributed by atoms with Crippen LogP contribution in [0.3, 0.4) is 0 Å². The number of rotatable bonds is 3. The maximum atomic E-state index is 12.1. The van der Waals surface area contributed by atoms with E-state index in [0.717, 1.165) is 5.57 Å². The Bertz CT molecular complexity index is 386. The van der Waals surface area contributed by atoms with E-state index in [-0.39, 0.29) is 17.6 Å². The zero-order valence-corrected chi connectivity index (χ0v) is 11.9. The van der Waals surface area contributed by atoms with Crippen LogP contribution in [0.25, 0.3) is 0 Å². The molecule has 2 aliphatic rings. The highest BCUT2D eigenvalue weighted by Gasteiger charge is 2.53. The molecule has 0 aromatic carbocycles. The number of ether oxygens (including phenoxy) is 1. The topological polar surface area (TPSA) is 66.8 Å². The van der Waals surface area contributed by atoms with Crippen molar-refractivity contribution in [1.82, 2.24) is 0 Å². The van der Waals surface area contributed by atoms with Crippen LogP contribution in [0.1, 0.15) is 40.0 Å². The van der Waals surface area contributed by atoms with Gasteiger partial charge in [-0.3, -0.25) is 4.79 Å². The molecule has 4 nitrogen and oxygen atoms in total. The van der Waals surface area contributed by atoms with Crippen molar-refractivity contribution < 1.29 is 19.7 Å². The van der Waals surface area contributed by atoms with E-state index in [4.69, 9.17) is 4.74 Å². The molecular formula is C15H24O4. The number of ketones is 1.